The van der Waals surface area contributed by atoms with Gasteiger partial charge in [-0.2, -0.15) is 0 Å². The van der Waals surface area contributed by atoms with Gasteiger partial charge in [-0.1, -0.05) is 0 Å². The van der Waals surface area contributed by atoms with Crippen LogP contribution < -0.4 is 10.2 Å². The lowest BCUT2D eigenvalue weighted by Crippen LogP contribution is -2.25. The Morgan fingerprint density at radius 1 is 1.44 bits per heavy atom. The molecule has 1 aromatic heterocycles. The minimum atomic E-state index is -2.92. The normalized spacial score (nSPS) is 13.3. The van der Waals surface area contributed by atoms with Crippen molar-refractivity contribution in [2.24, 2.45) is 0 Å². The molecular formula is C12H21N3O2S. The van der Waals surface area contributed by atoms with Gasteiger partial charge in [-0.05, 0) is 26.1 Å². The van der Waals surface area contributed by atoms with E-state index in [4.69, 9.17) is 0 Å². The van der Waals surface area contributed by atoms with Gasteiger partial charge in [0, 0.05) is 25.9 Å². The standard InChI is InChI=1S/C12H21N3O2S/c1-10(13-2)12-6-5-11(9-14-12)15(3)7-8-18(4,16)17/h5-6,9-10,13H,7-8H2,1-4H3. The third-order valence-corrected chi connectivity index (χ3v) is 3.81. The van der Waals surface area contributed by atoms with Gasteiger partial charge >= 0.3 is 0 Å². The summed E-state index contributed by atoms with van der Waals surface area (Å²) in [7, 11) is 0.827. The number of hydrogen-bond acceptors (Lipinski definition) is 5. The van der Waals surface area contributed by atoms with Crippen molar-refractivity contribution in [1.29, 1.82) is 0 Å². The number of rotatable bonds is 6. The molecule has 0 amide bonds. The van der Waals surface area contributed by atoms with E-state index in [0.717, 1.165) is 11.4 Å². The van der Waals surface area contributed by atoms with Crippen molar-refractivity contribution >= 4 is 15.5 Å². The van der Waals surface area contributed by atoms with E-state index in [1.54, 1.807) is 6.20 Å². The molecule has 0 radical (unpaired) electrons. The Hall–Kier alpha value is -1.14. The second-order valence-electron chi connectivity index (χ2n) is 4.50. The molecule has 6 heteroatoms. The van der Waals surface area contributed by atoms with Crippen molar-refractivity contribution in [3.63, 3.8) is 0 Å². The highest BCUT2D eigenvalue weighted by Crippen LogP contribution is 2.15. The molecule has 0 spiro atoms. The van der Waals surface area contributed by atoms with Crippen LogP contribution in [0, 0.1) is 0 Å². The Morgan fingerprint density at radius 2 is 2.11 bits per heavy atom. The van der Waals surface area contributed by atoms with Crippen molar-refractivity contribution in [3.8, 4) is 0 Å². The molecule has 1 atom stereocenters. The molecule has 102 valence electrons. The molecule has 0 aromatic carbocycles. The maximum absolute atomic E-state index is 11.1. The van der Waals surface area contributed by atoms with Crippen LogP contribution in [0.25, 0.3) is 0 Å². The summed E-state index contributed by atoms with van der Waals surface area (Å²) in [4.78, 5) is 6.25. The average Bonchev–Trinajstić information content (AvgIpc) is 2.34. The van der Waals surface area contributed by atoms with Gasteiger partial charge in [-0.15, -0.1) is 0 Å². The Kier molecular flexibility index (Phi) is 5.10. The van der Waals surface area contributed by atoms with E-state index in [9.17, 15) is 8.42 Å². The number of anilines is 1. The van der Waals surface area contributed by atoms with Crippen LogP contribution in [0.15, 0.2) is 18.3 Å². The van der Waals surface area contributed by atoms with Crippen LogP contribution in [0.5, 0.6) is 0 Å². The van der Waals surface area contributed by atoms with Crippen molar-refractivity contribution in [3.05, 3.63) is 24.0 Å². The third-order valence-electron chi connectivity index (χ3n) is 2.89. The molecule has 0 fully saturated rings. The van der Waals surface area contributed by atoms with Gasteiger partial charge < -0.3 is 10.2 Å². The molecule has 1 N–H and O–H groups in total. The lowest BCUT2D eigenvalue weighted by atomic mass is 10.2. The first kappa shape index (κ1) is 14.9. The van der Waals surface area contributed by atoms with Crippen LogP contribution in [0.2, 0.25) is 0 Å². The number of nitrogens with zero attached hydrogens (tertiary/aromatic N) is 2. The van der Waals surface area contributed by atoms with Crippen molar-refractivity contribution in [2.45, 2.75) is 13.0 Å². The first-order valence-corrected chi connectivity index (χ1v) is 7.91. The van der Waals surface area contributed by atoms with Crippen molar-refractivity contribution < 1.29 is 8.42 Å². The highest BCUT2D eigenvalue weighted by molar-refractivity contribution is 7.90. The Morgan fingerprint density at radius 3 is 2.56 bits per heavy atom. The Bertz CT molecular complexity index is 471. The topological polar surface area (TPSA) is 62.3 Å². The van der Waals surface area contributed by atoms with E-state index >= 15 is 0 Å². The first-order valence-electron chi connectivity index (χ1n) is 5.85. The summed E-state index contributed by atoms with van der Waals surface area (Å²) in [6.45, 7) is 2.51. The molecule has 1 unspecified atom stereocenters. The van der Waals surface area contributed by atoms with E-state index in [2.05, 4.69) is 10.3 Å². The van der Waals surface area contributed by atoms with Crippen LogP contribution in [0.3, 0.4) is 0 Å². The van der Waals surface area contributed by atoms with E-state index in [-0.39, 0.29) is 11.8 Å². The van der Waals surface area contributed by atoms with Crippen LogP contribution in [0.1, 0.15) is 18.7 Å². The van der Waals surface area contributed by atoms with E-state index in [1.165, 1.54) is 6.26 Å². The molecule has 0 saturated heterocycles. The number of sulfone groups is 1. The lowest BCUT2D eigenvalue weighted by Gasteiger charge is -2.19. The quantitative estimate of drug-likeness (QED) is 0.831. The number of aromatic nitrogens is 1. The maximum Gasteiger partial charge on any atom is 0.149 e. The molecule has 5 nitrogen and oxygen atoms in total. The zero-order valence-corrected chi connectivity index (χ0v) is 12.2. The van der Waals surface area contributed by atoms with Crippen molar-refractivity contribution in [1.82, 2.24) is 10.3 Å². The molecule has 0 aliphatic carbocycles. The molecule has 0 aliphatic heterocycles. The van der Waals surface area contributed by atoms with E-state index in [0.29, 0.717) is 6.54 Å². The number of hydrogen-bond donors (Lipinski definition) is 1. The maximum atomic E-state index is 11.1. The summed E-state index contributed by atoms with van der Waals surface area (Å²) >= 11 is 0. The van der Waals surface area contributed by atoms with Crippen LogP contribution >= 0.6 is 0 Å². The first-order chi connectivity index (χ1) is 8.33. The third kappa shape index (κ3) is 4.62. The molecule has 18 heavy (non-hydrogen) atoms. The van der Waals surface area contributed by atoms with E-state index < -0.39 is 9.84 Å². The van der Waals surface area contributed by atoms with Crippen LogP contribution in [-0.4, -0.2) is 46.1 Å². The molecule has 1 heterocycles. The summed E-state index contributed by atoms with van der Waals surface area (Å²) < 4.78 is 22.2. The fourth-order valence-electron chi connectivity index (χ4n) is 1.46. The minimum Gasteiger partial charge on any atom is -0.372 e. The molecule has 0 aliphatic rings. The van der Waals surface area contributed by atoms with Gasteiger partial charge in [0.15, 0.2) is 0 Å². The number of pyridine rings is 1. The molecular weight excluding hydrogens is 250 g/mol. The van der Waals surface area contributed by atoms with Gasteiger partial charge in [0.05, 0.1) is 23.3 Å². The number of nitrogens with one attached hydrogen (secondary N) is 1. The fourth-order valence-corrected chi connectivity index (χ4v) is 2.06. The van der Waals surface area contributed by atoms with Crippen LogP contribution in [0.4, 0.5) is 5.69 Å². The summed E-state index contributed by atoms with van der Waals surface area (Å²) in [6.07, 6.45) is 3.02. The summed E-state index contributed by atoms with van der Waals surface area (Å²) in [5.41, 5.74) is 1.89. The fraction of sp³-hybridized carbons (Fsp3) is 0.583. The highest BCUT2D eigenvalue weighted by Gasteiger charge is 2.08. The van der Waals surface area contributed by atoms with Gasteiger partial charge in [-0.3, -0.25) is 4.98 Å². The zero-order chi connectivity index (χ0) is 13.8. The van der Waals surface area contributed by atoms with Crippen LogP contribution in [-0.2, 0) is 9.84 Å². The monoisotopic (exact) mass is 271 g/mol. The van der Waals surface area contributed by atoms with Gasteiger partial charge in [0.2, 0.25) is 0 Å². The minimum absolute atomic E-state index is 0.151. The zero-order valence-electron chi connectivity index (χ0n) is 11.3. The predicted molar refractivity (Wildman–Crippen MR) is 74.7 cm³/mol. The molecule has 1 rings (SSSR count). The lowest BCUT2D eigenvalue weighted by molar-refractivity contribution is 0.601. The average molecular weight is 271 g/mol. The second kappa shape index (κ2) is 6.15. The highest BCUT2D eigenvalue weighted by atomic mass is 32.2. The van der Waals surface area contributed by atoms with Gasteiger partial charge in [0.1, 0.15) is 9.84 Å². The van der Waals surface area contributed by atoms with Crippen molar-refractivity contribution in [2.75, 3.05) is 37.5 Å². The summed E-state index contributed by atoms with van der Waals surface area (Å²) in [5.74, 6) is 0.151. The smallest absolute Gasteiger partial charge is 0.149 e. The summed E-state index contributed by atoms with van der Waals surface area (Å²) in [6, 6.07) is 4.12. The molecule has 1 aromatic rings. The largest absolute Gasteiger partial charge is 0.372 e. The van der Waals surface area contributed by atoms with Gasteiger partial charge in [0.25, 0.3) is 0 Å². The SMILES string of the molecule is CNC(C)c1ccc(N(C)CCS(C)(=O)=O)cn1. The summed E-state index contributed by atoms with van der Waals surface area (Å²) in [5, 5.41) is 3.12. The predicted octanol–water partition coefficient (Wildman–Crippen LogP) is 0.843. The Balaban J connectivity index is 2.67. The molecule has 0 saturated carbocycles. The van der Waals surface area contributed by atoms with Gasteiger partial charge in [-0.25, -0.2) is 8.42 Å². The van der Waals surface area contributed by atoms with E-state index in [1.807, 2.05) is 38.1 Å². The second-order valence-corrected chi connectivity index (χ2v) is 6.76. The molecule has 0 bridgehead atoms. The Labute approximate surface area is 109 Å².